The van der Waals surface area contributed by atoms with Gasteiger partial charge in [-0.2, -0.15) is 0 Å². The first-order valence-electron chi connectivity index (χ1n) is 5.45. The van der Waals surface area contributed by atoms with Crippen LogP contribution in [0.2, 0.25) is 0 Å². The van der Waals surface area contributed by atoms with Crippen molar-refractivity contribution in [2.45, 2.75) is 6.92 Å². The van der Waals surface area contributed by atoms with Gasteiger partial charge in [-0.05, 0) is 30.6 Å². The zero-order valence-electron chi connectivity index (χ0n) is 9.34. The molecule has 0 amide bonds. The highest BCUT2D eigenvalue weighted by atomic mass is 16.4. The van der Waals surface area contributed by atoms with Crippen LogP contribution in [-0.4, -0.2) is 17.2 Å². The number of benzene rings is 2. The summed E-state index contributed by atoms with van der Waals surface area (Å²) in [4.78, 5) is 0. The van der Waals surface area contributed by atoms with Gasteiger partial charge < -0.3 is 14.5 Å². The van der Waals surface area contributed by atoms with Gasteiger partial charge in [0.15, 0.2) is 0 Å². The Labute approximate surface area is 98.4 Å². The predicted octanol–water partition coefficient (Wildman–Crippen LogP) is 1.57. The van der Waals surface area contributed by atoms with Crippen molar-refractivity contribution in [1.29, 1.82) is 0 Å². The van der Waals surface area contributed by atoms with Crippen molar-refractivity contribution in [3.63, 3.8) is 0 Å². The van der Waals surface area contributed by atoms with Crippen LogP contribution in [0.1, 0.15) is 5.56 Å². The van der Waals surface area contributed by atoms with Gasteiger partial charge in [0.1, 0.15) is 11.2 Å². The van der Waals surface area contributed by atoms with Gasteiger partial charge in [0.25, 0.3) is 0 Å². The van der Waals surface area contributed by atoms with E-state index in [0.717, 1.165) is 21.9 Å². The minimum Gasteiger partial charge on any atom is -0.456 e. The summed E-state index contributed by atoms with van der Waals surface area (Å²) in [5.41, 5.74) is 3.03. The lowest BCUT2D eigenvalue weighted by atomic mass is 9.77. The molecule has 0 spiro atoms. The van der Waals surface area contributed by atoms with Gasteiger partial charge in [-0.25, -0.2) is 0 Å². The summed E-state index contributed by atoms with van der Waals surface area (Å²) in [7, 11) is -1.49. The monoisotopic (exact) mass is 226 g/mol. The highest BCUT2D eigenvalue weighted by Gasteiger charge is 2.18. The summed E-state index contributed by atoms with van der Waals surface area (Å²) in [5, 5.41) is 20.5. The number of aryl methyl sites for hydroxylation is 1. The topological polar surface area (TPSA) is 53.6 Å². The molecule has 3 aromatic rings. The molecule has 0 saturated carbocycles. The van der Waals surface area contributed by atoms with Crippen molar-refractivity contribution in [2.75, 3.05) is 0 Å². The van der Waals surface area contributed by atoms with Crippen LogP contribution in [0, 0.1) is 6.92 Å². The normalized spacial score (nSPS) is 11.2. The Morgan fingerprint density at radius 1 is 1.06 bits per heavy atom. The third kappa shape index (κ3) is 1.53. The maximum Gasteiger partial charge on any atom is 0.489 e. The van der Waals surface area contributed by atoms with E-state index < -0.39 is 7.12 Å². The Kier molecular flexibility index (Phi) is 2.21. The average molecular weight is 226 g/mol. The molecule has 0 aliphatic heterocycles. The molecule has 0 atom stereocenters. The Hall–Kier alpha value is -1.78. The van der Waals surface area contributed by atoms with E-state index in [0.29, 0.717) is 11.0 Å². The van der Waals surface area contributed by atoms with Gasteiger partial charge in [-0.15, -0.1) is 0 Å². The zero-order valence-corrected chi connectivity index (χ0v) is 9.34. The average Bonchev–Trinajstić information content (AvgIpc) is 2.66. The number of hydrogen-bond donors (Lipinski definition) is 2. The molecular formula is C13H11BO3. The van der Waals surface area contributed by atoms with Crippen LogP contribution in [0.5, 0.6) is 0 Å². The molecule has 2 aromatic carbocycles. The molecule has 0 fully saturated rings. The van der Waals surface area contributed by atoms with Gasteiger partial charge in [0.05, 0.1) is 0 Å². The molecule has 1 aromatic heterocycles. The van der Waals surface area contributed by atoms with Crippen molar-refractivity contribution < 1.29 is 14.5 Å². The van der Waals surface area contributed by atoms with E-state index >= 15 is 0 Å². The molecule has 0 saturated heterocycles. The molecule has 3 nitrogen and oxygen atoms in total. The van der Waals surface area contributed by atoms with Gasteiger partial charge in [-0.1, -0.05) is 23.8 Å². The Morgan fingerprint density at radius 3 is 2.65 bits per heavy atom. The summed E-state index contributed by atoms with van der Waals surface area (Å²) in [6, 6.07) is 11.2. The van der Waals surface area contributed by atoms with E-state index in [9.17, 15) is 10.0 Å². The Balaban J connectivity index is 2.51. The van der Waals surface area contributed by atoms with Crippen LogP contribution in [0.15, 0.2) is 40.8 Å². The lowest BCUT2D eigenvalue weighted by molar-refractivity contribution is 0.426. The molecule has 0 unspecified atom stereocenters. The van der Waals surface area contributed by atoms with Gasteiger partial charge in [0, 0.05) is 10.8 Å². The summed E-state index contributed by atoms with van der Waals surface area (Å²) in [6.07, 6.45) is 0. The molecule has 0 aliphatic rings. The van der Waals surface area contributed by atoms with E-state index in [1.54, 1.807) is 12.1 Å². The first-order valence-corrected chi connectivity index (χ1v) is 5.45. The van der Waals surface area contributed by atoms with E-state index in [-0.39, 0.29) is 0 Å². The van der Waals surface area contributed by atoms with Gasteiger partial charge >= 0.3 is 7.12 Å². The molecule has 0 aliphatic carbocycles. The summed E-state index contributed by atoms with van der Waals surface area (Å²) >= 11 is 0. The number of furan rings is 1. The van der Waals surface area contributed by atoms with Crippen LogP contribution in [0.4, 0.5) is 0 Å². The van der Waals surface area contributed by atoms with Crippen LogP contribution in [0.3, 0.4) is 0 Å². The lowest BCUT2D eigenvalue weighted by Gasteiger charge is -2.00. The van der Waals surface area contributed by atoms with Crippen LogP contribution in [0.25, 0.3) is 21.9 Å². The standard InChI is InChI=1S/C13H11BO3/c1-8-5-6-11-9(7-8)13-10(14(15)16)3-2-4-12(13)17-11/h2-7,15-16H,1H3. The summed E-state index contributed by atoms with van der Waals surface area (Å²) in [5.74, 6) is 0. The molecule has 0 bridgehead atoms. The van der Waals surface area contributed by atoms with Crippen LogP contribution < -0.4 is 5.46 Å². The van der Waals surface area contributed by atoms with Crippen molar-refractivity contribution >= 4 is 34.5 Å². The van der Waals surface area contributed by atoms with E-state index in [1.165, 1.54) is 0 Å². The highest BCUT2D eigenvalue weighted by Crippen LogP contribution is 2.28. The second-order valence-electron chi connectivity index (χ2n) is 4.20. The number of fused-ring (bicyclic) bond motifs is 3. The second-order valence-corrected chi connectivity index (χ2v) is 4.20. The fraction of sp³-hybridized carbons (Fsp3) is 0.0769. The first-order chi connectivity index (χ1) is 8.16. The molecular weight excluding hydrogens is 215 g/mol. The van der Waals surface area contributed by atoms with Crippen molar-refractivity contribution in [2.24, 2.45) is 0 Å². The largest absolute Gasteiger partial charge is 0.489 e. The predicted molar refractivity (Wildman–Crippen MR) is 68.3 cm³/mol. The van der Waals surface area contributed by atoms with Gasteiger partial charge in [-0.3, -0.25) is 0 Å². The summed E-state index contributed by atoms with van der Waals surface area (Å²) < 4.78 is 5.68. The maximum absolute atomic E-state index is 9.38. The van der Waals surface area contributed by atoms with Crippen LogP contribution >= 0.6 is 0 Å². The van der Waals surface area contributed by atoms with E-state index in [2.05, 4.69) is 0 Å². The Morgan fingerprint density at radius 2 is 1.88 bits per heavy atom. The highest BCUT2D eigenvalue weighted by molar-refractivity contribution is 6.62. The fourth-order valence-corrected chi connectivity index (χ4v) is 2.18. The third-order valence-electron chi connectivity index (χ3n) is 2.96. The molecule has 3 rings (SSSR count). The molecule has 17 heavy (non-hydrogen) atoms. The van der Waals surface area contributed by atoms with E-state index in [4.69, 9.17) is 4.42 Å². The smallest absolute Gasteiger partial charge is 0.456 e. The Bertz CT molecular complexity index is 700. The lowest BCUT2D eigenvalue weighted by Crippen LogP contribution is -2.30. The molecule has 2 N–H and O–H groups in total. The minimum absolute atomic E-state index is 0.479. The summed E-state index contributed by atoms with van der Waals surface area (Å²) in [6.45, 7) is 2.00. The molecule has 4 heteroatoms. The SMILES string of the molecule is Cc1ccc2oc3cccc(B(O)O)c3c2c1. The zero-order chi connectivity index (χ0) is 12.0. The molecule has 84 valence electrons. The van der Waals surface area contributed by atoms with Crippen LogP contribution in [-0.2, 0) is 0 Å². The minimum atomic E-state index is -1.49. The van der Waals surface area contributed by atoms with E-state index in [1.807, 2.05) is 31.2 Å². The molecule has 1 heterocycles. The van der Waals surface area contributed by atoms with Gasteiger partial charge in [0.2, 0.25) is 0 Å². The fourth-order valence-electron chi connectivity index (χ4n) is 2.18. The number of rotatable bonds is 1. The first kappa shape index (κ1) is 10.4. The van der Waals surface area contributed by atoms with Crippen molar-refractivity contribution in [1.82, 2.24) is 0 Å². The van der Waals surface area contributed by atoms with Crippen molar-refractivity contribution in [3.05, 3.63) is 42.0 Å². The second kappa shape index (κ2) is 3.62. The maximum atomic E-state index is 9.38. The molecule has 0 radical (unpaired) electrons. The van der Waals surface area contributed by atoms with Crippen molar-refractivity contribution in [3.8, 4) is 0 Å². The third-order valence-corrected chi connectivity index (χ3v) is 2.96. The number of hydrogen-bond acceptors (Lipinski definition) is 3. The quantitative estimate of drug-likeness (QED) is 0.619.